The number of hydrogen-bond donors (Lipinski definition) is 2. The van der Waals surface area contributed by atoms with E-state index in [4.69, 9.17) is 9.47 Å². The SMILES string of the molecule is CC(CNC(=O)COc1ccc(C(C)(C)C)cc1)NC(=O)COc1ccc(C(C)(C)C)cc1. The molecule has 2 amide bonds. The van der Waals surface area contributed by atoms with Crippen LogP contribution < -0.4 is 20.1 Å². The molecule has 1 unspecified atom stereocenters. The fourth-order valence-corrected chi connectivity index (χ4v) is 3.09. The summed E-state index contributed by atoms with van der Waals surface area (Å²) in [5.74, 6) is 0.803. The van der Waals surface area contributed by atoms with Crippen molar-refractivity contribution in [3.8, 4) is 11.5 Å². The molecule has 0 aliphatic rings. The highest BCUT2D eigenvalue weighted by atomic mass is 16.5. The standard InChI is InChI=1S/C27H38N2O4/c1-19(29-25(31)18-33-23-14-10-21(11-15-23)27(5,6)7)16-28-24(30)17-32-22-12-8-20(9-13-22)26(2,3)4/h8-15,19H,16-18H2,1-7H3,(H,28,30)(H,29,31). The van der Waals surface area contributed by atoms with Gasteiger partial charge in [-0.15, -0.1) is 0 Å². The number of amides is 2. The molecule has 33 heavy (non-hydrogen) atoms. The Bertz CT molecular complexity index is 907. The van der Waals surface area contributed by atoms with Crippen LogP contribution in [0.15, 0.2) is 48.5 Å². The Balaban J connectivity index is 1.66. The zero-order valence-corrected chi connectivity index (χ0v) is 21.0. The van der Waals surface area contributed by atoms with Gasteiger partial charge in [-0.2, -0.15) is 0 Å². The minimum absolute atomic E-state index is 0.0672. The lowest BCUT2D eigenvalue weighted by Crippen LogP contribution is -2.44. The van der Waals surface area contributed by atoms with Crippen LogP contribution in [0.25, 0.3) is 0 Å². The van der Waals surface area contributed by atoms with Crippen molar-refractivity contribution in [3.05, 3.63) is 59.7 Å². The molecule has 0 heterocycles. The first-order chi connectivity index (χ1) is 15.3. The van der Waals surface area contributed by atoms with Crippen LogP contribution in [0, 0.1) is 0 Å². The maximum atomic E-state index is 12.1. The van der Waals surface area contributed by atoms with E-state index in [2.05, 4.69) is 52.2 Å². The van der Waals surface area contributed by atoms with Crippen LogP contribution in [0.3, 0.4) is 0 Å². The summed E-state index contributed by atoms with van der Waals surface area (Å²) >= 11 is 0. The van der Waals surface area contributed by atoms with Crippen molar-refractivity contribution in [2.75, 3.05) is 19.8 Å². The molecule has 6 heteroatoms. The van der Waals surface area contributed by atoms with Crippen molar-refractivity contribution in [2.24, 2.45) is 0 Å². The Labute approximate surface area is 198 Å². The van der Waals surface area contributed by atoms with Gasteiger partial charge in [0.1, 0.15) is 11.5 Å². The molecule has 0 radical (unpaired) electrons. The van der Waals surface area contributed by atoms with Crippen molar-refractivity contribution in [1.82, 2.24) is 10.6 Å². The van der Waals surface area contributed by atoms with E-state index in [-0.39, 0.29) is 41.9 Å². The fraction of sp³-hybridized carbons (Fsp3) is 0.481. The van der Waals surface area contributed by atoms with Crippen LogP contribution in [0.5, 0.6) is 11.5 Å². The van der Waals surface area contributed by atoms with Crippen LogP contribution in [0.1, 0.15) is 59.6 Å². The summed E-state index contributed by atoms with van der Waals surface area (Å²) in [6.45, 7) is 14.8. The van der Waals surface area contributed by atoms with Gasteiger partial charge < -0.3 is 20.1 Å². The summed E-state index contributed by atoms with van der Waals surface area (Å²) in [7, 11) is 0. The van der Waals surface area contributed by atoms with Crippen LogP contribution in [0.2, 0.25) is 0 Å². The molecule has 0 aliphatic carbocycles. The van der Waals surface area contributed by atoms with Gasteiger partial charge >= 0.3 is 0 Å². The van der Waals surface area contributed by atoms with Gasteiger partial charge in [-0.3, -0.25) is 9.59 Å². The second-order valence-electron chi connectivity index (χ2n) is 10.4. The van der Waals surface area contributed by atoms with Gasteiger partial charge in [0, 0.05) is 12.6 Å². The molecule has 2 aromatic carbocycles. The predicted molar refractivity (Wildman–Crippen MR) is 132 cm³/mol. The predicted octanol–water partition coefficient (Wildman–Crippen LogP) is 4.36. The Hall–Kier alpha value is -3.02. The number of rotatable bonds is 9. The highest BCUT2D eigenvalue weighted by Crippen LogP contribution is 2.25. The van der Waals surface area contributed by atoms with Crippen molar-refractivity contribution < 1.29 is 19.1 Å². The first kappa shape index (κ1) is 26.2. The lowest BCUT2D eigenvalue weighted by Gasteiger charge is -2.19. The van der Waals surface area contributed by atoms with E-state index in [1.165, 1.54) is 11.1 Å². The first-order valence-electron chi connectivity index (χ1n) is 11.4. The monoisotopic (exact) mass is 454 g/mol. The number of hydrogen-bond acceptors (Lipinski definition) is 4. The molecule has 2 N–H and O–H groups in total. The van der Waals surface area contributed by atoms with E-state index in [1.807, 2.05) is 55.5 Å². The summed E-state index contributed by atoms with van der Waals surface area (Å²) < 4.78 is 11.1. The smallest absolute Gasteiger partial charge is 0.258 e. The minimum atomic E-state index is -0.244. The second kappa shape index (κ2) is 11.2. The van der Waals surface area contributed by atoms with Crippen LogP contribution >= 0.6 is 0 Å². The third-order valence-corrected chi connectivity index (χ3v) is 5.19. The molecule has 0 aliphatic heterocycles. The van der Waals surface area contributed by atoms with Gasteiger partial charge in [0.2, 0.25) is 0 Å². The number of ether oxygens (including phenoxy) is 2. The summed E-state index contributed by atoms with van der Waals surface area (Å²) in [6, 6.07) is 15.3. The fourth-order valence-electron chi connectivity index (χ4n) is 3.09. The minimum Gasteiger partial charge on any atom is -0.484 e. The van der Waals surface area contributed by atoms with Crippen LogP contribution in [0.4, 0.5) is 0 Å². The summed E-state index contributed by atoms with van der Waals surface area (Å²) in [5.41, 5.74) is 2.54. The largest absolute Gasteiger partial charge is 0.484 e. The molecule has 6 nitrogen and oxygen atoms in total. The average molecular weight is 455 g/mol. The molecular formula is C27H38N2O4. The molecule has 0 aromatic heterocycles. The maximum Gasteiger partial charge on any atom is 0.258 e. The first-order valence-corrected chi connectivity index (χ1v) is 11.4. The molecule has 0 saturated heterocycles. The molecular weight excluding hydrogens is 416 g/mol. The highest BCUT2D eigenvalue weighted by Gasteiger charge is 2.15. The molecule has 1 atom stereocenters. The van der Waals surface area contributed by atoms with Gasteiger partial charge in [-0.05, 0) is 53.1 Å². The molecule has 180 valence electrons. The van der Waals surface area contributed by atoms with E-state index in [1.54, 1.807) is 0 Å². The van der Waals surface area contributed by atoms with Gasteiger partial charge in [-0.25, -0.2) is 0 Å². The Morgan fingerprint density at radius 2 is 1.12 bits per heavy atom. The van der Waals surface area contributed by atoms with Gasteiger partial charge in [0.05, 0.1) is 0 Å². The van der Waals surface area contributed by atoms with Crippen molar-refractivity contribution in [1.29, 1.82) is 0 Å². The van der Waals surface area contributed by atoms with Crippen LogP contribution in [-0.2, 0) is 20.4 Å². The lowest BCUT2D eigenvalue weighted by molar-refractivity contribution is -0.125. The molecule has 0 spiro atoms. The number of nitrogens with one attached hydrogen (secondary N) is 2. The molecule has 0 fully saturated rings. The third kappa shape index (κ3) is 9.16. The van der Waals surface area contributed by atoms with E-state index >= 15 is 0 Å². The summed E-state index contributed by atoms with van der Waals surface area (Å²) in [5, 5.41) is 5.58. The number of benzene rings is 2. The van der Waals surface area contributed by atoms with E-state index in [0.29, 0.717) is 18.0 Å². The van der Waals surface area contributed by atoms with E-state index < -0.39 is 0 Å². The lowest BCUT2D eigenvalue weighted by atomic mass is 9.87. The average Bonchev–Trinajstić information content (AvgIpc) is 2.74. The van der Waals surface area contributed by atoms with Crippen molar-refractivity contribution in [3.63, 3.8) is 0 Å². The zero-order valence-electron chi connectivity index (χ0n) is 21.0. The number of carbonyl (C=O) groups excluding carboxylic acids is 2. The topological polar surface area (TPSA) is 76.7 Å². The van der Waals surface area contributed by atoms with E-state index in [0.717, 1.165) is 0 Å². The Morgan fingerprint density at radius 1 is 0.727 bits per heavy atom. The summed E-state index contributed by atoms with van der Waals surface area (Å²) in [4.78, 5) is 24.2. The van der Waals surface area contributed by atoms with Crippen LogP contribution in [-0.4, -0.2) is 37.6 Å². The maximum absolute atomic E-state index is 12.1. The molecule has 2 rings (SSSR count). The normalized spacial score (nSPS) is 12.6. The van der Waals surface area contributed by atoms with Crippen molar-refractivity contribution in [2.45, 2.75) is 65.3 Å². The van der Waals surface area contributed by atoms with Gasteiger partial charge in [0.25, 0.3) is 11.8 Å². The highest BCUT2D eigenvalue weighted by molar-refractivity contribution is 5.79. The third-order valence-electron chi connectivity index (χ3n) is 5.19. The molecule has 0 saturated carbocycles. The number of carbonyl (C=O) groups is 2. The zero-order chi connectivity index (χ0) is 24.6. The second-order valence-corrected chi connectivity index (χ2v) is 10.4. The Morgan fingerprint density at radius 3 is 1.52 bits per heavy atom. The van der Waals surface area contributed by atoms with Crippen molar-refractivity contribution >= 4 is 11.8 Å². The van der Waals surface area contributed by atoms with E-state index in [9.17, 15) is 9.59 Å². The quantitative estimate of drug-likeness (QED) is 0.590. The van der Waals surface area contributed by atoms with Gasteiger partial charge in [0.15, 0.2) is 13.2 Å². The molecule has 2 aromatic rings. The summed E-state index contributed by atoms with van der Waals surface area (Å²) in [6.07, 6.45) is 0. The van der Waals surface area contributed by atoms with Gasteiger partial charge in [-0.1, -0.05) is 65.8 Å². The Kier molecular flexibility index (Phi) is 8.91. The molecule has 0 bridgehead atoms.